The molecule has 4 heteroatoms. The lowest BCUT2D eigenvalue weighted by atomic mass is 10.2. The van der Waals surface area contributed by atoms with Crippen molar-refractivity contribution in [1.82, 2.24) is 0 Å². The van der Waals surface area contributed by atoms with E-state index in [1.807, 2.05) is 27.7 Å². The average Bonchev–Trinajstić information content (AvgIpc) is 1.82. The second-order valence-electron chi connectivity index (χ2n) is 3.55. The highest BCUT2D eigenvalue weighted by Crippen LogP contribution is 2.08. The van der Waals surface area contributed by atoms with Crippen LogP contribution in [-0.4, -0.2) is 17.6 Å². The van der Waals surface area contributed by atoms with Crippen molar-refractivity contribution in [3.05, 3.63) is 0 Å². The molecule has 1 atom stereocenters. The first-order valence-electron chi connectivity index (χ1n) is 3.85. The van der Waals surface area contributed by atoms with Crippen molar-refractivity contribution in [3.8, 4) is 0 Å². The van der Waals surface area contributed by atoms with Crippen LogP contribution in [0.4, 0.5) is 0 Å². The lowest BCUT2D eigenvalue weighted by Gasteiger charge is -2.21. The van der Waals surface area contributed by atoms with Crippen molar-refractivity contribution < 1.29 is 9.53 Å². The monoisotopic (exact) mass is 195 g/mol. The molecule has 0 fully saturated rings. The Hall–Kier alpha value is -0.280. The highest BCUT2D eigenvalue weighted by atomic mass is 35.5. The first-order valence-corrected chi connectivity index (χ1v) is 3.85. The quantitative estimate of drug-likeness (QED) is 0.680. The molecule has 0 saturated carbocycles. The maximum absolute atomic E-state index is 11.0. The average molecular weight is 196 g/mol. The van der Waals surface area contributed by atoms with Crippen LogP contribution >= 0.6 is 12.4 Å². The summed E-state index contributed by atoms with van der Waals surface area (Å²) in [5, 5.41) is 0. The van der Waals surface area contributed by atoms with Gasteiger partial charge in [-0.25, -0.2) is 0 Å². The van der Waals surface area contributed by atoms with E-state index >= 15 is 0 Å². The zero-order chi connectivity index (χ0) is 9.07. The first-order chi connectivity index (χ1) is 4.87. The van der Waals surface area contributed by atoms with Crippen LogP contribution in [0.15, 0.2) is 0 Å². The summed E-state index contributed by atoms with van der Waals surface area (Å²) >= 11 is 0. The zero-order valence-corrected chi connectivity index (χ0v) is 8.90. The Morgan fingerprint density at radius 3 is 2.17 bits per heavy atom. The smallest absolute Gasteiger partial charge is 0.323 e. The number of hydrogen-bond acceptors (Lipinski definition) is 3. The Balaban J connectivity index is 0. The molecule has 0 amide bonds. The highest BCUT2D eigenvalue weighted by Gasteiger charge is 2.20. The summed E-state index contributed by atoms with van der Waals surface area (Å²) in [6, 6.07) is -0.478. The number of esters is 1. The van der Waals surface area contributed by atoms with Gasteiger partial charge in [0.1, 0.15) is 11.6 Å². The van der Waals surface area contributed by atoms with Crippen molar-refractivity contribution in [2.75, 3.05) is 0 Å². The second-order valence-corrected chi connectivity index (χ2v) is 3.55. The molecule has 0 aromatic heterocycles. The molecule has 0 spiro atoms. The van der Waals surface area contributed by atoms with Crippen molar-refractivity contribution in [1.29, 1.82) is 0 Å². The van der Waals surface area contributed by atoms with E-state index in [4.69, 9.17) is 10.5 Å². The van der Waals surface area contributed by atoms with Crippen LogP contribution in [0.5, 0.6) is 0 Å². The summed E-state index contributed by atoms with van der Waals surface area (Å²) in [6.07, 6.45) is 0.620. The third-order valence-electron chi connectivity index (χ3n) is 1.15. The molecule has 0 aliphatic carbocycles. The Morgan fingerprint density at radius 1 is 1.50 bits per heavy atom. The van der Waals surface area contributed by atoms with E-state index in [1.54, 1.807) is 0 Å². The minimum Gasteiger partial charge on any atom is -0.459 e. The van der Waals surface area contributed by atoms with Gasteiger partial charge in [-0.2, -0.15) is 0 Å². The van der Waals surface area contributed by atoms with Crippen molar-refractivity contribution in [2.24, 2.45) is 5.73 Å². The topological polar surface area (TPSA) is 52.3 Å². The number of carbonyl (C=O) groups is 1. The Kier molecular flexibility index (Phi) is 6.39. The van der Waals surface area contributed by atoms with E-state index in [-0.39, 0.29) is 18.4 Å². The van der Waals surface area contributed by atoms with E-state index in [1.165, 1.54) is 0 Å². The predicted octanol–water partition coefficient (Wildman–Crippen LogP) is 1.49. The summed E-state index contributed by atoms with van der Waals surface area (Å²) in [5.74, 6) is -0.319. The van der Waals surface area contributed by atoms with Gasteiger partial charge in [0, 0.05) is 0 Å². The van der Waals surface area contributed by atoms with Gasteiger partial charge in [-0.15, -0.1) is 12.4 Å². The summed E-state index contributed by atoms with van der Waals surface area (Å²) in [7, 11) is 0. The Morgan fingerprint density at radius 2 is 1.92 bits per heavy atom. The van der Waals surface area contributed by atoms with Gasteiger partial charge >= 0.3 is 5.97 Å². The molecule has 0 aromatic rings. The third kappa shape index (κ3) is 6.43. The third-order valence-corrected chi connectivity index (χ3v) is 1.15. The minimum absolute atomic E-state index is 0. The summed E-state index contributed by atoms with van der Waals surface area (Å²) < 4.78 is 5.03. The lowest BCUT2D eigenvalue weighted by molar-refractivity contribution is -0.156. The fourth-order valence-electron chi connectivity index (χ4n) is 0.544. The molecule has 0 heterocycles. The van der Waals surface area contributed by atoms with Crippen LogP contribution in [-0.2, 0) is 9.53 Å². The highest BCUT2D eigenvalue weighted by molar-refractivity contribution is 5.85. The van der Waals surface area contributed by atoms with Crippen LogP contribution in [0.2, 0.25) is 0 Å². The molecule has 0 radical (unpaired) electrons. The summed E-state index contributed by atoms with van der Waals surface area (Å²) in [6.45, 7) is 7.34. The van der Waals surface area contributed by atoms with E-state index in [9.17, 15) is 4.79 Å². The van der Waals surface area contributed by atoms with Gasteiger partial charge < -0.3 is 10.5 Å². The number of halogens is 1. The van der Waals surface area contributed by atoms with Gasteiger partial charge in [-0.05, 0) is 27.2 Å². The molecule has 0 aliphatic rings. The van der Waals surface area contributed by atoms with Crippen LogP contribution in [0.25, 0.3) is 0 Å². The maximum atomic E-state index is 11.0. The minimum atomic E-state index is -0.478. The Bertz CT molecular complexity index is 142. The van der Waals surface area contributed by atoms with Crippen LogP contribution in [0.3, 0.4) is 0 Å². The van der Waals surface area contributed by atoms with Gasteiger partial charge in [0.05, 0.1) is 0 Å². The fraction of sp³-hybridized carbons (Fsp3) is 0.875. The second kappa shape index (κ2) is 5.38. The number of rotatable bonds is 2. The first kappa shape index (κ1) is 14.3. The molecule has 0 aliphatic heterocycles. The zero-order valence-electron chi connectivity index (χ0n) is 8.09. The van der Waals surface area contributed by atoms with Gasteiger partial charge in [0.15, 0.2) is 0 Å². The van der Waals surface area contributed by atoms with Gasteiger partial charge in [-0.1, -0.05) is 6.92 Å². The largest absolute Gasteiger partial charge is 0.459 e. The molecule has 0 aromatic carbocycles. The van der Waals surface area contributed by atoms with Crippen LogP contribution in [0.1, 0.15) is 34.1 Å². The van der Waals surface area contributed by atoms with E-state index < -0.39 is 11.6 Å². The number of hydrogen-bond donors (Lipinski definition) is 1. The van der Waals surface area contributed by atoms with Crippen molar-refractivity contribution in [2.45, 2.75) is 45.8 Å². The predicted molar refractivity (Wildman–Crippen MR) is 51.4 cm³/mol. The van der Waals surface area contributed by atoms with Gasteiger partial charge in [0.25, 0.3) is 0 Å². The molecule has 0 bridgehead atoms. The molecule has 0 rings (SSSR count). The SMILES string of the molecule is CC[C@@H](N)C(=O)OC(C)(C)C.Cl. The molecule has 2 N–H and O–H groups in total. The summed E-state index contributed by atoms with van der Waals surface area (Å²) in [5.41, 5.74) is 5.02. The van der Waals surface area contributed by atoms with Crippen LogP contribution in [0, 0.1) is 0 Å². The molecular formula is C8H18ClNO2. The van der Waals surface area contributed by atoms with E-state index in [0.29, 0.717) is 6.42 Å². The number of nitrogens with two attached hydrogens (primary N) is 1. The molecule has 0 saturated heterocycles. The van der Waals surface area contributed by atoms with Crippen LogP contribution < -0.4 is 5.73 Å². The van der Waals surface area contributed by atoms with Gasteiger partial charge in [0.2, 0.25) is 0 Å². The number of ether oxygens (including phenoxy) is 1. The molecule has 12 heavy (non-hydrogen) atoms. The lowest BCUT2D eigenvalue weighted by Crippen LogP contribution is -2.36. The molecule has 3 nitrogen and oxygen atoms in total. The maximum Gasteiger partial charge on any atom is 0.323 e. The number of carbonyl (C=O) groups excluding carboxylic acids is 1. The molecular weight excluding hydrogens is 178 g/mol. The summed E-state index contributed by atoms with van der Waals surface area (Å²) in [4.78, 5) is 11.0. The van der Waals surface area contributed by atoms with Crippen molar-refractivity contribution >= 4 is 18.4 Å². The Labute approximate surface area is 80.1 Å². The molecule has 0 unspecified atom stereocenters. The van der Waals surface area contributed by atoms with Crippen molar-refractivity contribution in [3.63, 3.8) is 0 Å². The molecule has 74 valence electrons. The van der Waals surface area contributed by atoms with E-state index in [0.717, 1.165) is 0 Å². The fourth-order valence-corrected chi connectivity index (χ4v) is 0.544. The van der Waals surface area contributed by atoms with E-state index in [2.05, 4.69) is 0 Å². The standard InChI is InChI=1S/C8H17NO2.ClH/c1-5-6(9)7(10)11-8(2,3)4;/h6H,5,9H2,1-4H3;1H/t6-;/m1./s1. The van der Waals surface area contributed by atoms with Gasteiger partial charge in [-0.3, -0.25) is 4.79 Å². The normalized spacial score (nSPS) is 13.1.